The van der Waals surface area contributed by atoms with Gasteiger partial charge in [-0.25, -0.2) is 0 Å². The first kappa shape index (κ1) is 15.0. The van der Waals surface area contributed by atoms with Crippen molar-refractivity contribution in [1.29, 1.82) is 0 Å². The molecule has 0 aliphatic carbocycles. The monoisotopic (exact) mass is 285 g/mol. The first-order valence-corrected chi connectivity index (χ1v) is 6.47. The Morgan fingerprint density at radius 1 is 1.44 bits per heavy atom. The molecule has 0 radical (unpaired) electrons. The van der Waals surface area contributed by atoms with E-state index in [0.717, 1.165) is 10.9 Å². The molecule has 1 aromatic heterocycles. The highest BCUT2D eigenvalue weighted by molar-refractivity contribution is 7.17. The van der Waals surface area contributed by atoms with Gasteiger partial charge in [0.25, 0.3) is 0 Å². The van der Waals surface area contributed by atoms with E-state index in [1.54, 1.807) is 18.3 Å². The fourth-order valence-electron chi connectivity index (χ4n) is 1.79. The number of halogens is 1. The van der Waals surface area contributed by atoms with Crippen molar-refractivity contribution in [3.05, 3.63) is 35.2 Å². The van der Waals surface area contributed by atoms with E-state index in [1.165, 1.54) is 4.70 Å². The lowest BCUT2D eigenvalue weighted by Gasteiger charge is -2.10. The molecule has 0 unspecified atom stereocenters. The van der Waals surface area contributed by atoms with Crippen LogP contribution in [0.5, 0.6) is 0 Å². The Morgan fingerprint density at radius 3 is 2.89 bits per heavy atom. The van der Waals surface area contributed by atoms with Gasteiger partial charge in [0.05, 0.1) is 13.0 Å². The zero-order valence-electron chi connectivity index (χ0n) is 10.1. The summed E-state index contributed by atoms with van der Waals surface area (Å²) in [6, 6.07) is 7.78. The van der Waals surface area contributed by atoms with Gasteiger partial charge in [-0.1, -0.05) is 18.2 Å². The standard InChI is InChI=1S/C13H15NO2S.ClH/c1-2-16-13(15)7-11(14)10-8-17-12-6-4-3-5-9(10)12;/h3-6,8,11H,2,7,14H2,1H3;1H/t11-;/m0./s1. The lowest BCUT2D eigenvalue weighted by atomic mass is 10.0. The summed E-state index contributed by atoms with van der Waals surface area (Å²) in [5, 5.41) is 3.16. The van der Waals surface area contributed by atoms with Crippen LogP contribution >= 0.6 is 23.7 Å². The van der Waals surface area contributed by atoms with Crippen LogP contribution in [-0.4, -0.2) is 12.6 Å². The minimum absolute atomic E-state index is 0. The molecule has 3 nitrogen and oxygen atoms in total. The molecule has 98 valence electrons. The summed E-state index contributed by atoms with van der Waals surface area (Å²) in [4.78, 5) is 11.4. The van der Waals surface area contributed by atoms with Gasteiger partial charge in [-0.15, -0.1) is 23.7 Å². The minimum atomic E-state index is -0.287. The Labute approximate surface area is 116 Å². The van der Waals surface area contributed by atoms with Crippen molar-refractivity contribution in [3.8, 4) is 0 Å². The number of hydrogen-bond acceptors (Lipinski definition) is 4. The first-order chi connectivity index (χ1) is 8.22. The van der Waals surface area contributed by atoms with Gasteiger partial charge in [-0.2, -0.15) is 0 Å². The van der Waals surface area contributed by atoms with Gasteiger partial charge < -0.3 is 10.5 Å². The molecule has 0 aliphatic rings. The van der Waals surface area contributed by atoms with Crippen molar-refractivity contribution in [2.75, 3.05) is 6.61 Å². The van der Waals surface area contributed by atoms with Gasteiger partial charge in [0.2, 0.25) is 0 Å². The van der Waals surface area contributed by atoms with Crippen LogP contribution in [0.1, 0.15) is 24.9 Å². The molecule has 0 aliphatic heterocycles. The number of carbonyl (C=O) groups excluding carboxylic acids is 1. The van der Waals surface area contributed by atoms with Crippen molar-refractivity contribution < 1.29 is 9.53 Å². The van der Waals surface area contributed by atoms with Crippen molar-refractivity contribution in [2.45, 2.75) is 19.4 Å². The third kappa shape index (κ3) is 3.22. The molecule has 1 heterocycles. The highest BCUT2D eigenvalue weighted by atomic mass is 35.5. The smallest absolute Gasteiger partial charge is 0.307 e. The number of thiophene rings is 1. The van der Waals surface area contributed by atoms with E-state index in [0.29, 0.717) is 6.61 Å². The van der Waals surface area contributed by atoms with Crippen LogP contribution in [0.25, 0.3) is 10.1 Å². The van der Waals surface area contributed by atoms with Crippen molar-refractivity contribution in [3.63, 3.8) is 0 Å². The Bertz CT molecular complexity index is 526. The SMILES string of the molecule is CCOC(=O)C[C@H](N)c1csc2ccccc12.Cl. The molecule has 0 spiro atoms. The molecule has 2 N–H and O–H groups in total. The quantitative estimate of drug-likeness (QED) is 0.877. The summed E-state index contributed by atoms with van der Waals surface area (Å²) in [7, 11) is 0. The molecule has 0 amide bonds. The van der Waals surface area contributed by atoms with E-state index in [4.69, 9.17) is 10.5 Å². The largest absolute Gasteiger partial charge is 0.466 e. The molecule has 0 fully saturated rings. The number of benzene rings is 1. The van der Waals surface area contributed by atoms with E-state index in [1.807, 2.05) is 23.6 Å². The average molecular weight is 286 g/mol. The molecular weight excluding hydrogens is 270 g/mol. The lowest BCUT2D eigenvalue weighted by Crippen LogP contribution is -2.16. The van der Waals surface area contributed by atoms with Crippen molar-refractivity contribution in [2.24, 2.45) is 5.73 Å². The number of fused-ring (bicyclic) bond motifs is 1. The molecule has 5 heteroatoms. The predicted molar refractivity (Wildman–Crippen MR) is 77.3 cm³/mol. The summed E-state index contributed by atoms with van der Waals surface area (Å²) >= 11 is 1.65. The van der Waals surface area contributed by atoms with Gasteiger partial charge >= 0.3 is 5.97 Å². The maximum atomic E-state index is 11.4. The van der Waals surface area contributed by atoms with Crippen LogP contribution in [0.15, 0.2) is 29.6 Å². The number of rotatable bonds is 4. The zero-order chi connectivity index (χ0) is 12.3. The fraction of sp³-hybridized carbons (Fsp3) is 0.308. The van der Waals surface area contributed by atoms with Crippen molar-refractivity contribution >= 4 is 39.8 Å². The third-order valence-electron chi connectivity index (χ3n) is 2.60. The Kier molecular flexibility index (Phi) is 5.59. The number of hydrogen-bond donors (Lipinski definition) is 1. The number of nitrogens with two attached hydrogens (primary N) is 1. The fourth-order valence-corrected chi connectivity index (χ4v) is 2.82. The van der Waals surface area contributed by atoms with Gasteiger partial charge in [0.15, 0.2) is 0 Å². The highest BCUT2D eigenvalue weighted by Crippen LogP contribution is 2.30. The second kappa shape index (κ2) is 6.73. The van der Waals surface area contributed by atoms with Crippen LogP contribution in [0, 0.1) is 0 Å². The predicted octanol–water partition coefficient (Wildman–Crippen LogP) is 3.28. The van der Waals surface area contributed by atoms with E-state index in [-0.39, 0.29) is 30.8 Å². The zero-order valence-corrected chi connectivity index (χ0v) is 11.7. The van der Waals surface area contributed by atoms with E-state index in [2.05, 4.69) is 6.07 Å². The second-order valence-corrected chi connectivity index (χ2v) is 4.71. The van der Waals surface area contributed by atoms with Crippen LogP contribution in [0.2, 0.25) is 0 Å². The maximum absolute atomic E-state index is 11.4. The van der Waals surface area contributed by atoms with Gasteiger partial charge in [-0.3, -0.25) is 4.79 Å². The van der Waals surface area contributed by atoms with Crippen molar-refractivity contribution in [1.82, 2.24) is 0 Å². The number of esters is 1. The Morgan fingerprint density at radius 2 is 2.17 bits per heavy atom. The molecule has 18 heavy (non-hydrogen) atoms. The second-order valence-electron chi connectivity index (χ2n) is 3.80. The summed E-state index contributed by atoms with van der Waals surface area (Å²) in [6.07, 6.45) is 0.231. The normalized spacial score (nSPS) is 11.9. The topological polar surface area (TPSA) is 52.3 Å². The summed E-state index contributed by atoms with van der Waals surface area (Å²) < 4.78 is 6.10. The Hall–Kier alpha value is -1.10. The van der Waals surface area contributed by atoms with Crippen LogP contribution < -0.4 is 5.73 Å². The van der Waals surface area contributed by atoms with E-state index >= 15 is 0 Å². The summed E-state index contributed by atoms with van der Waals surface area (Å²) in [5.41, 5.74) is 7.07. The minimum Gasteiger partial charge on any atom is -0.466 e. The molecule has 0 bridgehead atoms. The Balaban J connectivity index is 0.00000162. The maximum Gasteiger partial charge on any atom is 0.307 e. The van der Waals surface area contributed by atoms with Gasteiger partial charge in [-0.05, 0) is 29.3 Å². The van der Waals surface area contributed by atoms with Crippen LogP contribution in [0.4, 0.5) is 0 Å². The molecule has 1 atom stereocenters. The summed E-state index contributed by atoms with van der Waals surface area (Å²) in [5.74, 6) is -0.240. The highest BCUT2D eigenvalue weighted by Gasteiger charge is 2.15. The molecule has 2 rings (SSSR count). The third-order valence-corrected chi connectivity index (χ3v) is 3.58. The lowest BCUT2D eigenvalue weighted by molar-refractivity contribution is -0.143. The average Bonchev–Trinajstić information content (AvgIpc) is 2.72. The molecule has 0 saturated carbocycles. The molecule has 2 aromatic rings. The summed E-state index contributed by atoms with van der Waals surface area (Å²) in [6.45, 7) is 2.19. The van der Waals surface area contributed by atoms with Crippen LogP contribution in [0.3, 0.4) is 0 Å². The van der Waals surface area contributed by atoms with E-state index < -0.39 is 0 Å². The number of ether oxygens (including phenoxy) is 1. The first-order valence-electron chi connectivity index (χ1n) is 5.59. The molecular formula is C13H16ClNO2S. The van der Waals surface area contributed by atoms with Gasteiger partial charge in [0, 0.05) is 10.7 Å². The van der Waals surface area contributed by atoms with Gasteiger partial charge in [0.1, 0.15) is 0 Å². The number of carbonyl (C=O) groups is 1. The van der Waals surface area contributed by atoms with Crippen LogP contribution in [-0.2, 0) is 9.53 Å². The van der Waals surface area contributed by atoms with E-state index in [9.17, 15) is 4.79 Å². The molecule has 0 saturated heterocycles. The molecule has 1 aromatic carbocycles.